The summed E-state index contributed by atoms with van der Waals surface area (Å²) in [6, 6.07) is 2.07. The Hall–Kier alpha value is -0.830. The summed E-state index contributed by atoms with van der Waals surface area (Å²) in [4.78, 5) is 13.2. The molecule has 0 saturated heterocycles. The van der Waals surface area contributed by atoms with E-state index in [1.54, 1.807) is 11.3 Å². The fourth-order valence-electron chi connectivity index (χ4n) is 2.65. The predicted molar refractivity (Wildman–Crippen MR) is 78.2 cm³/mol. The van der Waals surface area contributed by atoms with Crippen molar-refractivity contribution in [3.05, 3.63) is 16.5 Å². The number of anilines is 1. The Balaban J connectivity index is 1.74. The van der Waals surface area contributed by atoms with Gasteiger partial charge in [0.05, 0.1) is 5.00 Å². The first kappa shape index (κ1) is 13.6. The fourth-order valence-corrected chi connectivity index (χ4v) is 3.60. The van der Waals surface area contributed by atoms with E-state index < -0.39 is 0 Å². The van der Waals surface area contributed by atoms with E-state index in [1.807, 2.05) is 0 Å². The van der Waals surface area contributed by atoms with Gasteiger partial charge in [-0.2, -0.15) is 0 Å². The Morgan fingerprint density at radius 2 is 2.06 bits per heavy atom. The minimum absolute atomic E-state index is 0.182. The number of rotatable bonds is 4. The van der Waals surface area contributed by atoms with Crippen molar-refractivity contribution in [2.75, 3.05) is 5.32 Å². The van der Waals surface area contributed by atoms with Crippen LogP contribution in [0.25, 0.3) is 0 Å². The standard InChI is InChI=1S/C15H23NOS/c1-11-10-15(18-12(11)2)16-14(17)9-8-13-6-4-3-5-7-13/h10,13H,3-9H2,1-2H3,(H,16,17). The molecule has 1 heterocycles. The van der Waals surface area contributed by atoms with E-state index in [9.17, 15) is 4.79 Å². The lowest BCUT2D eigenvalue weighted by Gasteiger charge is -2.20. The smallest absolute Gasteiger partial charge is 0.224 e. The second-order valence-electron chi connectivity index (χ2n) is 5.44. The molecule has 0 spiro atoms. The van der Waals surface area contributed by atoms with Crippen molar-refractivity contribution in [3.8, 4) is 0 Å². The predicted octanol–water partition coefficient (Wildman–Crippen LogP) is 4.66. The first-order valence-corrected chi connectivity index (χ1v) is 7.83. The first-order chi connectivity index (χ1) is 8.65. The van der Waals surface area contributed by atoms with Crippen LogP contribution in [0.5, 0.6) is 0 Å². The Morgan fingerprint density at radius 1 is 1.33 bits per heavy atom. The summed E-state index contributed by atoms with van der Waals surface area (Å²) >= 11 is 1.67. The molecule has 0 aromatic carbocycles. The SMILES string of the molecule is Cc1cc(NC(=O)CCC2CCCCC2)sc1C. The molecule has 0 unspecified atom stereocenters. The largest absolute Gasteiger partial charge is 0.318 e. The van der Waals surface area contributed by atoms with E-state index >= 15 is 0 Å². The van der Waals surface area contributed by atoms with Crippen LogP contribution < -0.4 is 5.32 Å². The van der Waals surface area contributed by atoms with Crippen LogP contribution in [0, 0.1) is 19.8 Å². The summed E-state index contributed by atoms with van der Waals surface area (Å²) in [5.41, 5.74) is 1.27. The molecule has 1 fully saturated rings. The van der Waals surface area contributed by atoms with Crippen molar-refractivity contribution in [1.82, 2.24) is 0 Å². The number of hydrogen-bond donors (Lipinski definition) is 1. The van der Waals surface area contributed by atoms with E-state index in [2.05, 4.69) is 25.2 Å². The normalized spacial score (nSPS) is 16.8. The minimum atomic E-state index is 0.182. The lowest BCUT2D eigenvalue weighted by molar-refractivity contribution is -0.116. The highest BCUT2D eigenvalue weighted by Crippen LogP contribution is 2.28. The molecule has 1 aromatic heterocycles. The second-order valence-corrected chi connectivity index (χ2v) is 6.70. The van der Waals surface area contributed by atoms with Crippen LogP contribution in [-0.2, 0) is 4.79 Å². The van der Waals surface area contributed by atoms with E-state index in [4.69, 9.17) is 0 Å². The first-order valence-electron chi connectivity index (χ1n) is 7.02. The van der Waals surface area contributed by atoms with Crippen molar-refractivity contribution in [2.24, 2.45) is 5.92 Å². The summed E-state index contributed by atoms with van der Waals surface area (Å²) in [5.74, 6) is 0.970. The molecule has 1 saturated carbocycles. The maximum atomic E-state index is 11.9. The number of hydrogen-bond acceptors (Lipinski definition) is 2. The van der Waals surface area contributed by atoms with E-state index in [1.165, 1.54) is 42.5 Å². The average molecular weight is 265 g/mol. The molecule has 18 heavy (non-hydrogen) atoms. The van der Waals surface area contributed by atoms with Gasteiger partial charge in [-0.25, -0.2) is 0 Å². The molecule has 1 N–H and O–H groups in total. The molecule has 3 heteroatoms. The summed E-state index contributed by atoms with van der Waals surface area (Å²) in [7, 11) is 0. The van der Waals surface area contributed by atoms with Crippen LogP contribution in [0.3, 0.4) is 0 Å². The zero-order valence-corrected chi connectivity index (χ0v) is 12.2. The van der Waals surface area contributed by atoms with E-state index in [0.29, 0.717) is 6.42 Å². The van der Waals surface area contributed by atoms with Crippen molar-refractivity contribution in [1.29, 1.82) is 0 Å². The number of aryl methyl sites for hydroxylation is 2. The van der Waals surface area contributed by atoms with Gasteiger partial charge >= 0.3 is 0 Å². The van der Waals surface area contributed by atoms with Gasteiger partial charge in [-0.05, 0) is 37.8 Å². The number of amides is 1. The molecule has 2 nitrogen and oxygen atoms in total. The van der Waals surface area contributed by atoms with E-state index in [-0.39, 0.29) is 5.91 Å². The zero-order chi connectivity index (χ0) is 13.0. The lowest BCUT2D eigenvalue weighted by atomic mass is 9.86. The third kappa shape index (κ3) is 3.84. The molecule has 0 aliphatic heterocycles. The van der Waals surface area contributed by atoms with Crippen LogP contribution in [0.1, 0.15) is 55.4 Å². The van der Waals surface area contributed by atoms with Gasteiger partial charge in [-0.1, -0.05) is 32.1 Å². The van der Waals surface area contributed by atoms with Gasteiger partial charge < -0.3 is 5.32 Å². The van der Waals surface area contributed by atoms with Crippen molar-refractivity contribution < 1.29 is 4.79 Å². The highest BCUT2D eigenvalue weighted by molar-refractivity contribution is 7.16. The molecule has 0 bridgehead atoms. The number of thiophene rings is 1. The Morgan fingerprint density at radius 3 is 2.67 bits per heavy atom. The van der Waals surface area contributed by atoms with Gasteiger partial charge in [0.15, 0.2) is 0 Å². The van der Waals surface area contributed by atoms with Crippen LogP contribution in [-0.4, -0.2) is 5.91 Å². The Bertz CT molecular complexity index is 385. The highest BCUT2D eigenvalue weighted by Gasteiger charge is 2.15. The number of carbonyl (C=O) groups is 1. The molecule has 1 aliphatic carbocycles. The molecule has 0 radical (unpaired) electrons. The summed E-state index contributed by atoms with van der Waals surface area (Å²) in [6.07, 6.45) is 8.49. The summed E-state index contributed by atoms with van der Waals surface area (Å²) in [6.45, 7) is 4.18. The molecule has 0 atom stereocenters. The van der Waals surface area contributed by atoms with Crippen molar-refractivity contribution >= 4 is 22.2 Å². The average Bonchev–Trinajstić information content (AvgIpc) is 2.67. The molecule has 1 aliphatic rings. The fraction of sp³-hybridized carbons (Fsp3) is 0.667. The van der Waals surface area contributed by atoms with Gasteiger partial charge in [0, 0.05) is 11.3 Å². The van der Waals surface area contributed by atoms with Crippen LogP contribution in [0.15, 0.2) is 6.07 Å². The molecular formula is C15H23NOS. The summed E-state index contributed by atoms with van der Waals surface area (Å²) in [5, 5.41) is 4.02. The van der Waals surface area contributed by atoms with Crippen LogP contribution in [0.2, 0.25) is 0 Å². The summed E-state index contributed by atoms with van der Waals surface area (Å²) < 4.78 is 0. The van der Waals surface area contributed by atoms with Gasteiger partial charge in [-0.15, -0.1) is 11.3 Å². The molecule has 1 aromatic rings. The quantitative estimate of drug-likeness (QED) is 0.842. The molecule has 1 amide bonds. The Kier molecular flexibility index (Phi) is 4.81. The van der Waals surface area contributed by atoms with Gasteiger partial charge in [0.25, 0.3) is 0 Å². The van der Waals surface area contributed by atoms with Gasteiger partial charge in [-0.3, -0.25) is 4.79 Å². The maximum Gasteiger partial charge on any atom is 0.224 e. The minimum Gasteiger partial charge on any atom is -0.318 e. The third-order valence-electron chi connectivity index (χ3n) is 3.93. The molecule has 2 rings (SSSR count). The highest BCUT2D eigenvalue weighted by atomic mass is 32.1. The van der Waals surface area contributed by atoms with Crippen LogP contribution >= 0.6 is 11.3 Å². The van der Waals surface area contributed by atoms with Crippen LogP contribution in [0.4, 0.5) is 5.00 Å². The van der Waals surface area contributed by atoms with Crippen molar-refractivity contribution in [2.45, 2.75) is 58.8 Å². The van der Waals surface area contributed by atoms with Crippen molar-refractivity contribution in [3.63, 3.8) is 0 Å². The Labute approximate surface area is 114 Å². The molecule has 100 valence electrons. The third-order valence-corrected chi connectivity index (χ3v) is 5.00. The monoisotopic (exact) mass is 265 g/mol. The molecular weight excluding hydrogens is 242 g/mol. The lowest BCUT2D eigenvalue weighted by Crippen LogP contribution is -2.14. The van der Waals surface area contributed by atoms with Gasteiger partial charge in [0.1, 0.15) is 0 Å². The number of nitrogens with one attached hydrogen (secondary N) is 1. The maximum absolute atomic E-state index is 11.9. The zero-order valence-electron chi connectivity index (χ0n) is 11.4. The van der Waals surface area contributed by atoms with Gasteiger partial charge in [0.2, 0.25) is 5.91 Å². The van der Waals surface area contributed by atoms with E-state index in [0.717, 1.165) is 17.3 Å². The number of carbonyl (C=O) groups excluding carboxylic acids is 1. The second kappa shape index (κ2) is 6.37. The topological polar surface area (TPSA) is 29.1 Å².